The molecule has 0 amide bonds. The number of rotatable bonds is 3. The molecule has 2 rings (SSSR count). The van der Waals surface area contributed by atoms with E-state index in [1.54, 1.807) is 12.1 Å². The third kappa shape index (κ3) is 2.98. The normalized spacial score (nSPS) is 20.1. The van der Waals surface area contributed by atoms with Crippen molar-refractivity contribution >= 4 is 17.3 Å². The first-order valence-corrected chi connectivity index (χ1v) is 6.64. The molecule has 1 aromatic rings. The summed E-state index contributed by atoms with van der Waals surface area (Å²) in [6, 6.07) is 4.75. The molecular formula is C14H20N2O3. The second-order valence-electron chi connectivity index (χ2n) is 4.96. The largest absolute Gasteiger partial charge is 0.478 e. The number of aliphatic hydroxyl groups excluding tert-OH is 1. The van der Waals surface area contributed by atoms with Crippen LogP contribution in [0.2, 0.25) is 0 Å². The highest BCUT2D eigenvalue weighted by Gasteiger charge is 2.23. The second kappa shape index (κ2) is 5.93. The van der Waals surface area contributed by atoms with Gasteiger partial charge in [-0.05, 0) is 31.0 Å². The topological polar surface area (TPSA) is 86.8 Å². The van der Waals surface area contributed by atoms with E-state index in [1.807, 2.05) is 0 Å². The van der Waals surface area contributed by atoms with Crippen molar-refractivity contribution in [2.75, 3.05) is 23.8 Å². The molecule has 0 radical (unpaired) electrons. The molecule has 104 valence electrons. The minimum Gasteiger partial charge on any atom is -0.478 e. The van der Waals surface area contributed by atoms with Crippen molar-refractivity contribution < 1.29 is 15.0 Å². The lowest BCUT2D eigenvalue weighted by Gasteiger charge is -2.32. The molecule has 4 N–H and O–H groups in total. The second-order valence-corrected chi connectivity index (χ2v) is 4.96. The zero-order chi connectivity index (χ0) is 13.8. The lowest BCUT2D eigenvalue weighted by atomic mass is 10.1. The minimum atomic E-state index is -0.961. The number of aliphatic hydroxyl groups is 1. The number of benzene rings is 1. The average Bonchev–Trinajstić information content (AvgIpc) is 2.64. The molecule has 0 spiro atoms. The first kappa shape index (κ1) is 13.7. The molecular weight excluding hydrogens is 244 g/mol. The molecule has 0 bridgehead atoms. The maximum Gasteiger partial charge on any atom is 0.335 e. The van der Waals surface area contributed by atoms with Crippen molar-refractivity contribution in [2.24, 2.45) is 0 Å². The first-order chi connectivity index (χ1) is 9.13. The molecule has 1 atom stereocenters. The Balaban J connectivity index is 2.36. The summed E-state index contributed by atoms with van der Waals surface area (Å²) in [4.78, 5) is 13.1. The van der Waals surface area contributed by atoms with Gasteiger partial charge in [-0.2, -0.15) is 0 Å². The van der Waals surface area contributed by atoms with Gasteiger partial charge in [0, 0.05) is 6.54 Å². The van der Waals surface area contributed by atoms with Gasteiger partial charge in [0.05, 0.1) is 29.6 Å². The van der Waals surface area contributed by atoms with Crippen LogP contribution >= 0.6 is 0 Å². The molecule has 1 aliphatic rings. The van der Waals surface area contributed by atoms with Crippen LogP contribution in [0.1, 0.15) is 36.0 Å². The van der Waals surface area contributed by atoms with Gasteiger partial charge in [0.25, 0.3) is 0 Å². The summed E-state index contributed by atoms with van der Waals surface area (Å²) in [5.74, 6) is -0.961. The number of nitrogens with zero attached hydrogens (tertiary/aromatic N) is 1. The minimum absolute atomic E-state index is 0.0221. The molecule has 5 heteroatoms. The summed E-state index contributed by atoms with van der Waals surface area (Å²) in [6.07, 6.45) is 4.16. The van der Waals surface area contributed by atoms with Crippen molar-refractivity contribution in [1.82, 2.24) is 0 Å². The Kier molecular flexibility index (Phi) is 4.27. The number of hydrogen-bond acceptors (Lipinski definition) is 4. The van der Waals surface area contributed by atoms with Gasteiger partial charge in [-0.15, -0.1) is 0 Å². The van der Waals surface area contributed by atoms with Crippen molar-refractivity contribution in [3.63, 3.8) is 0 Å². The Hall–Kier alpha value is -1.75. The number of nitrogen functional groups attached to an aromatic ring is 1. The molecule has 1 unspecified atom stereocenters. The van der Waals surface area contributed by atoms with Crippen LogP contribution < -0.4 is 10.6 Å². The predicted octanol–water partition coefficient (Wildman–Crippen LogP) is 1.71. The fraction of sp³-hybridized carbons (Fsp3) is 0.500. The van der Waals surface area contributed by atoms with Gasteiger partial charge in [-0.25, -0.2) is 4.79 Å². The van der Waals surface area contributed by atoms with E-state index in [9.17, 15) is 9.90 Å². The van der Waals surface area contributed by atoms with Gasteiger partial charge in [-0.1, -0.05) is 12.8 Å². The van der Waals surface area contributed by atoms with Gasteiger partial charge >= 0.3 is 5.97 Å². The molecule has 5 nitrogen and oxygen atoms in total. The number of nitrogens with two attached hydrogens (primary N) is 1. The predicted molar refractivity (Wildman–Crippen MR) is 74.5 cm³/mol. The lowest BCUT2D eigenvalue weighted by molar-refractivity contribution is 0.0697. The van der Waals surface area contributed by atoms with Gasteiger partial charge < -0.3 is 20.8 Å². The van der Waals surface area contributed by atoms with Crippen LogP contribution in [0.5, 0.6) is 0 Å². The Morgan fingerprint density at radius 3 is 2.84 bits per heavy atom. The maximum atomic E-state index is 11.1. The Morgan fingerprint density at radius 2 is 2.16 bits per heavy atom. The summed E-state index contributed by atoms with van der Waals surface area (Å²) in [5, 5.41) is 18.6. The quantitative estimate of drug-likeness (QED) is 0.723. The number of carboxylic acids is 1. The number of hydrogen-bond donors (Lipinski definition) is 3. The highest BCUT2D eigenvalue weighted by Crippen LogP contribution is 2.30. The molecule has 0 saturated carbocycles. The molecule has 1 aromatic carbocycles. The molecule has 0 aromatic heterocycles. The van der Waals surface area contributed by atoms with E-state index in [0.29, 0.717) is 5.69 Å². The molecule has 1 saturated heterocycles. The summed E-state index contributed by atoms with van der Waals surface area (Å²) >= 11 is 0. The summed E-state index contributed by atoms with van der Waals surface area (Å²) in [7, 11) is 0. The van der Waals surface area contributed by atoms with E-state index >= 15 is 0 Å². The Morgan fingerprint density at radius 1 is 1.37 bits per heavy atom. The highest BCUT2D eigenvalue weighted by molar-refractivity contribution is 5.90. The van der Waals surface area contributed by atoms with Crippen molar-refractivity contribution in [2.45, 2.75) is 31.7 Å². The lowest BCUT2D eigenvalue weighted by Crippen LogP contribution is -2.38. The molecule has 1 heterocycles. The fourth-order valence-corrected chi connectivity index (χ4v) is 2.61. The van der Waals surface area contributed by atoms with Crippen molar-refractivity contribution in [1.29, 1.82) is 0 Å². The summed E-state index contributed by atoms with van der Waals surface area (Å²) < 4.78 is 0. The smallest absolute Gasteiger partial charge is 0.335 e. The number of carboxylic acid groups (broad SMARTS) is 1. The molecule has 19 heavy (non-hydrogen) atoms. The molecule has 1 aliphatic heterocycles. The highest BCUT2D eigenvalue weighted by atomic mass is 16.4. The van der Waals surface area contributed by atoms with E-state index in [-0.39, 0.29) is 18.2 Å². The average molecular weight is 264 g/mol. The third-order valence-electron chi connectivity index (χ3n) is 3.67. The van der Waals surface area contributed by atoms with Gasteiger partial charge in [-0.3, -0.25) is 0 Å². The molecule has 1 fully saturated rings. The van der Waals surface area contributed by atoms with Gasteiger partial charge in [0.2, 0.25) is 0 Å². The van der Waals surface area contributed by atoms with E-state index in [0.717, 1.165) is 37.9 Å². The van der Waals surface area contributed by atoms with Crippen LogP contribution in [-0.2, 0) is 0 Å². The van der Waals surface area contributed by atoms with Crippen LogP contribution in [0.25, 0.3) is 0 Å². The van der Waals surface area contributed by atoms with Crippen LogP contribution in [0, 0.1) is 0 Å². The Labute approximate surface area is 112 Å². The van der Waals surface area contributed by atoms with E-state index < -0.39 is 5.97 Å². The van der Waals surface area contributed by atoms with Crippen LogP contribution in [0.3, 0.4) is 0 Å². The van der Waals surface area contributed by atoms with Crippen LogP contribution in [0.15, 0.2) is 18.2 Å². The van der Waals surface area contributed by atoms with E-state index in [2.05, 4.69) is 4.90 Å². The summed E-state index contributed by atoms with van der Waals surface area (Å²) in [5.41, 5.74) is 7.48. The van der Waals surface area contributed by atoms with Gasteiger partial charge in [0.1, 0.15) is 0 Å². The fourth-order valence-electron chi connectivity index (χ4n) is 2.61. The SMILES string of the molecule is Nc1ccc(C(=O)O)cc1N1CCCCCC1CO. The number of anilines is 2. The summed E-state index contributed by atoms with van der Waals surface area (Å²) in [6.45, 7) is 0.870. The van der Waals surface area contributed by atoms with Crippen LogP contribution in [-0.4, -0.2) is 35.4 Å². The third-order valence-corrected chi connectivity index (χ3v) is 3.67. The zero-order valence-corrected chi connectivity index (χ0v) is 10.9. The Bertz CT molecular complexity index is 462. The van der Waals surface area contributed by atoms with E-state index in [4.69, 9.17) is 10.8 Å². The van der Waals surface area contributed by atoms with Crippen molar-refractivity contribution in [3.05, 3.63) is 23.8 Å². The van der Waals surface area contributed by atoms with Crippen LogP contribution in [0.4, 0.5) is 11.4 Å². The zero-order valence-electron chi connectivity index (χ0n) is 10.9. The number of carbonyl (C=O) groups is 1. The van der Waals surface area contributed by atoms with E-state index in [1.165, 1.54) is 6.07 Å². The standard InChI is InChI=1S/C14H20N2O3/c15-12-6-5-10(14(18)19)8-13(12)16-7-3-1-2-4-11(16)9-17/h5-6,8,11,17H,1-4,7,9,15H2,(H,18,19). The van der Waals surface area contributed by atoms with Gasteiger partial charge in [0.15, 0.2) is 0 Å². The molecule has 0 aliphatic carbocycles. The number of aromatic carboxylic acids is 1. The monoisotopic (exact) mass is 264 g/mol. The maximum absolute atomic E-state index is 11.1. The first-order valence-electron chi connectivity index (χ1n) is 6.64. The van der Waals surface area contributed by atoms with Crippen molar-refractivity contribution in [3.8, 4) is 0 Å².